The molecule has 180 valence electrons. The summed E-state index contributed by atoms with van der Waals surface area (Å²) in [7, 11) is 0. The van der Waals surface area contributed by atoms with Gasteiger partial charge in [-0.25, -0.2) is 0 Å². The number of amides is 1. The summed E-state index contributed by atoms with van der Waals surface area (Å²) < 4.78 is 5.72. The van der Waals surface area contributed by atoms with Crippen LogP contribution >= 0.6 is 11.8 Å². The zero-order chi connectivity index (χ0) is 23.5. The maximum atomic E-state index is 12.4. The number of hydrogen-bond acceptors (Lipinski definition) is 6. The summed E-state index contributed by atoms with van der Waals surface area (Å²) >= 11 is 1.69. The normalized spacial score (nSPS) is 15.8. The molecule has 33 heavy (non-hydrogen) atoms. The zero-order valence-corrected chi connectivity index (χ0v) is 20.7. The van der Waals surface area contributed by atoms with Crippen molar-refractivity contribution >= 4 is 23.4 Å². The molecule has 0 aromatic heterocycles. The molecule has 3 rings (SSSR count). The van der Waals surface area contributed by atoms with Gasteiger partial charge in [0.2, 0.25) is 5.91 Å². The molecule has 0 bridgehead atoms. The number of nitrogens with one attached hydrogen (secondary N) is 1. The summed E-state index contributed by atoms with van der Waals surface area (Å²) in [6.07, 6.45) is 4.96. The van der Waals surface area contributed by atoms with Crippen molar-refractivity contribution < 1.29 is 14.6 Å². The van der Waals surface area contributed by atoms with Crippen LogP contribution in [0.2, 0.25) is 0 Å². The van der Waals surface area contributed by atoms with E-state index >= 15 is 0 Å². The third-order valence-corrected chi connectivity index (χ3v) is 6.60. The SMILES string of the molecule is CCCCc1ccc(NC(=O)CN2CCN(CC(O)COc3ccc(SC)cc3)CC2)cc1. The van der Waals surface area contributed by atoms with Crippen LogP contribution in [0.5, 0.6) is 5.75 Å². The molecule has 0 saturated carbocycles. The maximum absolute atomic E-state index is 12.4. The highest BCUT2D eigenvalue weighted by atomic mass is 32.2. The topological polar surface area (TPSA) is 65.0 Å². The number of rotatable bonds is 12. The van der Waals surface area contributed by atoms with E-state index in [2.05, 4.69) is 34.2 Å². The maximum Gasteiger partial charge on any atom is 0.238 e. The molecular weight excluding hydrogens is 434 g/mol. The van der Waals surface area contributed by atoms with E-state index in [1.165, 1.54) is 23.3 Å². The minimum Gasteiger partial charge on any atom is -0.491 e. The van der Waals surface area contributed by atoms with E-state index < -0.39 is 6.10 Å². The Hall–Kier alpha value is -2.06. The molecule has 0 radical (unpaired) electrons. The fourth-order valence-electron chi connectivity index (χ4n) is 3.88. The molecule has 0 spiro atoms. The number of unbranched alkanes of at least 4 members (excludes halogenated alkanes) is 1. The number of aryl methyl sites for hydroxylation is 1. The molecule has 1 heterocycles. The van der Waals surface area contributed by atoms with Gasteiger partial charge in [-0.2, -0.15) is 0 Å². The Kier molecular flexibility index (Phi) is 10.5. The lowest BCUT2D eigenvalue weighted by Crippen LogP contribution is -2.50. The van der Waals surface area contributed by atoms with Crippen molar-refractivity contribution in [2.24, 2.45) is 0 Å². The zero-order valence-electron chi connectivity index (χ0n) is 19.8. The van der Waals surface area contributed by atoms with Gasteiger partial charge in [0.05, 0.1) is 6.54 Å². The second kappa shape index (κ2) is 13.6. The molecule has 1 fully saturated rings. The van der Waals surface area contributed by atoms with Gasteiger partial charge in [0, 0.05) is 43.3 Å². The van der Waals surface area contributed by atoms with Crippen LogP contribution in [0, 0.1) is 0 Å². The second-order valence-corrected chi connectivity index (χ2v) is 9.45. The van der Waals surface area contributed by atoms with E-state index in [1.807, 2.05) is 42.7 Å². The Morgan fingerprint density at radius 1 is 1.06 bits per heavy atom. The number of aliphatic hydroxyl groups is 1. The van der Waals surface area contributed by atoms with Crippen molar-refractivity contribution in [3.8, 4) is 5.75 Å². The fraction of sp³-hybridized carbons (Fsp3) is 0.500. The van der Waals surface area contributed by atoms with Crippen LogP contribution in [0.3, 0.4) is 0 Å². The highest BCUT2D eigenvalue weighted by Crippen LogP contribution is 2.19. The van der Waals surface area contributed by atoms with Crippen molar-refractivity contribution in [2.75, 3.05) is 57.4 Å². The van der Waals surface area contributed by atoms with Crippen molar-refractivity contribution in [3.05, 3.63) is 54.1 Å². The van der Waals surface area contributed by atoms with Crippen LogP contribution < -0.4 is 10.1 Å². The summed E-state index contributed by atoms with van der Waals surface area (Å²) in [5.41, 5.74) is 2.16. The number of ether oxygens (including phenoxy) is 1. The van der Waals surface area contributed by atoms with Crippen LogP contribution in [0.1, 0.15) is 25.3 Å². The molecular formula is C26H37N3O3S. The van der Waals surface area contributed by atoms with Gasteiger partial charge < -0.3 is 15.2 Å². The number of aliphatic hydroxyl groups excluding tert-OH is 1. The average molecular weight is 472 g/mol. The summed E-state index contributed by atoms with van der Waals surface area (Å²) in [5, 5.41) is 13.4. The number of anilines is 1. The first-order valence-electron chi connectivity index (χ1n) is 11.8. The second-order valence-electron chi connectivity index (χ2n) is 8.57. The highest BCUT2D eigenvalue weighted by Gasteiger charge is 2.21. The van der Waals surface area contributed by atoms with Gasteiger partial charge in [-0.3, -0.25) is 14.6 Å². The standard InChI is InChI=1S/C26H37N3O3S/c1-3-4-5-21-6-8-22(9-7-21)27-26(31)19-29-16-14-28(15-17-29)18-23(30)20-32-24-10-12-25(33-2)13-11-24/h6-13,23,30H,3-5,14-20H2,1-2H3,(H,27,31). The van der Waals surface area contributed by atoms with Gasteiger partial charge in [-0.1, -0.05) is 25.5 Å². The van der Waals surface area contributed by atoms with Gasteiger partial charge in [-0.15, -0.1) is 11.8 Å². The minimum absolute atomic E-state index is 0.0192. The van der Waals surface area contributed by atoms with Gasteiger partial charge in [0.25, 0.3) is 0 Å². The molecule has 7 heteroatoms. The third-order valence-electron chi connectivity index (χ3n) is 5.86. The van der Waals surface area contributed by atoms with Crippen LogP contribution in [0.4, 0.5) is 5.69 Å². The Labute approximate surface area is 202 Å². The monoisotopic (exact) mass is 471 g/mol. The third kappa shape index (κ3) is 9.01. The van der Waals surface area contributed by atoms with Gasteiger partial charge >= 0.3 is 0 Å². The summed E-state index contributed by atoms with van der Waals surface area (Å²) in [4.78, 5) is 18.0. The summed E-state index contributed by atoms with van der Waals surface area (Å²) in [6.45, 7) is 6.73. The van der Waals surface area contributed by atoms with Gasteiger partial charge in [0.15, 0.2) is 0 Å². The lowest BCUT2D eigenvalue weighted by atomic mass is 10.1. The lowest BCUT2D eigenvalue weighted by Gasteiger charge is -2.35. The largest absolute Gasteiger partial charge is 0.491 e. The molecule has 1 aliphatic rings. The van der Waals surface area contributed by atoms with E-state index in [1.54, 1.807) is 11.8 Å². The molecule has 2 N–H and O–H groups in total. The molecule has 1 atom stereocenters. The van der Waals surface area contributed by atoms with E-state index in [0.29, 0.717) is 13.1 Å². The molecule has 1 amide bonds. The van der Waals surface area contributed by atoms with Crippen molar-refractivity contribution in [3.63, 3.8) is 0 Å². The Morgan fingerprint density at radius 3 is 2.36 bits per heavy atom. The van der Waals surface area contributed by atoms with Crippen LogP contribution in [-0.2, 0) is 11.2 Å². The first kappa shape index (κ1) is 25.6. The highest BCUT2D eigenvalue weighted by molar-refractivity contribution is 7.98. The fourth-order valence-corrected chi connectivity index (χ4v) is 4.29. The number of carbonyl (C=O) groups is 1. The number of benzene rings is 2. The van der Waals surface area contributed by atoms with Gasteiger partial charge in [0.1, 0.15) is 18.5 Å². The van der Waals surface area contributed by atoms with E-state index in [0.717, 1.165) is 44.0 Å². The van der Waals surface area contributed by atoms with Crippen molar-refractivity contribution in [1.29, 1.82) is 0 Å². The van der Waals surface area contributed by atoms with Crippen LogP contribution in [0.25, 0.3) is 0 Å². The number of β-amino-alcohol motifs (C(OH)–C–C–N with tert-alkyl or cyclic N) is 1. The van der Waals surface area contributed by atoms with E-state index in [-0.39, 0.29) is 12.5 Å². The minimum atomic E-state index is -0.541. The van der Waals surface area contributed by atoms with Crippen molar-refractivity contribution in [1.82, 2.24) is 9.80 Å². The molecule has 2 aromatic carbocycles. The van der Waals surface area contributed by atoms with Crippen LogP contribution in [-0.4, -0.2) is 79.0 Å². The molecule has 2 aromatic rings. The molecule has 6 nitrogen and oxygen atoms in total. The van der Waals surface area contributed by atoms with E-state index in [9.17, 15) is 9.90 Å². The number of thioether (sulfide) groups is 1. The predicted octanol–water partition coefficient (Wildman–Crippen LogP) is 3.75. The first-order chi connectivity index (χ1) is 16.1. The van der Waals surface area contributed by atoms with E-state index in [4.69, 9.17) is 4.74 Å². The smallest absolute Gasteiger partial charge is 0.238 e. The quantitative estimate of drug-likeness (QED) is 0.460. The number of nitrogens with zero attached hydrogens (tertiary/aromatic N) is 2. The molecule has 1 unspecified atom stereocenters. The number of carbonyl (C=O) groups excluding carboxylic acids is 1. The van der Waals surface area contributed by atoms with Gasteiger partial charge in [-0.05, 0) is 61.1 Å². The molecule has 1 aliphatic heterocycles. The molecule has 0 aliphatic carbocycles. The predicted molar refractivity (Wildman–Crippen MR) is 136 cm³/mol. The first-order valence-corrected chi connectivity index (χ1v) is 13.1. The summed E-state index contributed by atoms with van der Waals surface area (Å²) in [6, 6.07) is 16.1. The molecule has 1 saturated heterocycles. The average Bonchev–Trinajstić information content (AvgIpc) is 2.84. The van der Waals surface area contributed by atoms with Crippen molar-refractivity contribution in [2.45, 2.75) is 37.2 Å². The number of hydrogen-bond donors (Lipinski definition) is 2. The Bertz CT molecular complexity index is 837. The van der Waals surface area contributed by atoms with Crippen LogP contribution in [0.15, 0.2) is 53.4 Å². The summed E-state index contributed by atoms with van der Waals surface area (Å²) in [5.74, 6) is 0.795. The number of piperazine rings is 1. The Morgan fingerprint density at radius 2 is 1.73 bits per heavy atom. The Balaban J connectivity index is 1.32. The lowest BCUT2D eigenvalue weighted by molar-refractivity contribution is -0.117.